The van der Waals surface area contributed by atoms with Gasteiger partial charge < -0.3 is 19.8 Å². The van der Waals surface area contributed by atoms with E-state index < -0.39 is 24.1 Å². The van der Waals surface area contributed by atoms with E-state index in [4.69, 9.17) is 9.57 Å². The standard InChI is InChI=1S/C38H53NO6/c1-23(2)12-11-15-27(35(42)43)33-29-20-31(41)34-36(5)18-17-30(39-44-22-26-13-9-8-10-14-26)24(3)28(36)16-19-37(34,6)38(29,7)21-32(33)45-25(4)40/h8-10,12-14,24,28-29,31-32,34,41H,11,15-22H2,1-7H3,(H,42,43)/b33-27-,39-30?/t24-,28-,29-,31+,32-,34?,36-,37-,38-/m0/s1. The van der Waals surface area contributed by atoms with Crippen molar-refractivity contribution in [1.82, 2.24) is 0 Å². The molecule has 4 saturated carbocycles. The van der Waals surface area contributed by atoms with Crippen molar-refractivity contribution in [2.45, 2.75) is 119 Å². The first-order valence-corrected chi connectivity index (χ1v) is 16.9. The molecule has 0 heterocycles. The van der Waals surface area contributed by atoms with Crippen molar-refractivity contribution in [2.75, 3.05) is 0 Å². The number of benzene rings is 1. The molecule has 0 spiro atoms. The van der Waals surface area contributed by atoms with Gasteiger partial charge in [-0.3, -0.25) is 4.79 Å². The van der Waals surface area contributed by atoms with Gasteiger partial charge in [0.1, 0.15) is 12.7 Å². The summed E-state index contributed by atoms with van der Waals surface area (Å²) in [6.45, 7) is 15.1. The molecule has 1 unspecified atom stereocenters. The number of hydrogen-bond acceptors (Lipinski definition) is 6. The quantitative estimate of drug-likeness (QED) is 0.133. The molecule has 4 aliphatic carbocycles. The second kappa shape index (κ2) is 12.7. The monoisotopic (exact) mass is 619 g/mol. The Morgan fingerprint density at radius 3 is 2.42 bits per heavy atom. The second-order valence-corrected chi connectivity index (χ2v) is 15.3. The molecule has 0 amide bonds. The van der Waals surface area contributed by atoms with Gasteiger partial charge in [-0.25, -0.2) is 4.79 Å². The van der Waals surface area contributed by atoms with E-state index in [9.17, 15) is 19.8 Å². The molecular formula is C38H53NO6. The Hall–Kier alpha value is -2.93. The molecule has 0 radical (unpaired) electrons. The van der Waals surface area contributed by atoms with E-state index in [1.807, 2.05) is 44.2 Å². The zero-order valence-corrected chi connectivity index (χ0v) is 28.3. The van der Waals surface area contributed by atoms with Crippen LogP contribution >= 0.6 is 0 Å². The van der Waals surface area contributed by atoms with Gasteiger partial charge in [0.25, 0.3) is 0 Å². The lowest BCUT2D eigenvalue weighted by molar-refractivity contribution is -0.218. The number of rotatable bonds is 8. The molecule has 7 heteroatoms. The first kappa shape index (κ1) is 33.4. The van der Waals surface area contributed by atoms with E-state index in [-0.39, 0.29) is 34.0 Å². The SMILES string of the molecule is CC(=O)O[C@H]1C[C@@]2(C)[C@@H](C[C@@H](O)C3[C@]2(C)CC[C@H]2[C@H](C)C(=NOCc4ccccc4)CC[C@]32C)/C1=C(\CCC=C(C)C)C(=O)O. The minimum absolute atomic E-state index is 0.0375. The number of fused-ring (bicyclic) bond motifs is 5. The van der Waals surface area contributed by atoms with Gasteiger partial charge in [0.05, 0.1) is 11.8 Å². The number of allylic oxidation sites excluding steroid dienone is 2. The van der Waals surface area contributed by atoms with Crippen LogP contribution in [0.4, 0.5) is 0 Å². The Morgan fingerprint density at radius 2 is 1.78 bits per heavy atom. The minimum Gasteiger partial charge on any atom is -0.478 e. The molecule has 1 aromatic rings. The van der Waals surface area contributed by atoms with Crippen LogP contribution in [-0.2, 0) is 25.8 Å². The van der Waals surface area contributed by atoms with Crippen molar-refractivity contribution < 1.29 is 29.4 Å². The highest BCUT2D eigenvalue weighted by molar-refractivity contribution is 5.88. The van der Waals surface area contributed by atoms with Gasteiger partial charge >= 0.3 is 11.9 Å². The predicted octanol–water partition coefficient (Wildman–Crippen LogP) is 7.88. The Kier molecular flexibility index (Phi) is 9.43. The number of hydrogen-bond donors (Lipinski definition) is 2. The zero-order chi connectivity index (χ0) is 32.7. The summed E-state index contributed by atoms with van der Waals surface area (Å²) in [6.07, 6.45) is 6.63. The fourth-order valence-corrected chi connectivity index (χ4v) is 10.5. The summed E-state index contributed by atoms with van der Waals surface area (Å²) >= 11 is 0. The molecule has 246 valence electrons. The third-order valence-electron chi connectivity index (χ3n) is 12.7. The van der Waals surface area contributed by atoms with Gasteiger partial charge in [-0.05, 0) is 110 Å². The number of ether oxygens (including phenoxy) is 1. The molecule has 9 atom stereocenters. The fraction of sp³-hybridized carbons (Fsp3) is 0.658. The highest BCUT2D eigenvalue weighted by Gasteiger charge is 2.70. The van der Waals surface area contributed by atoms with Crippen LogP contribution < -0.4 is 0 Å². The van der Waals surface area contributed by atoms with Crippen LogP contribution in [0.5, 0.6) is 0 Å². The Balaban J connectivity index is 1.47. The van der Waals surface area contributed by atoms with E-state index >= 15 is 0 Å². The number of oxime groups is 1. The largest absolute Gasteiger partial charge is 0.478 e. The van der Waals surface area contributed by atoms with Crippen molar-refractivity contribution in [3.8, 4) is 0 Å². The van der Waals surface area contributed by atoms with E-state index in [1.165, 1.54) is 6.92 Å². The van der Waals surface area contributed by atoms with Crippen molar-refractivity contribution in [2.24, 2.45) is 45.1 Å². The average Bonchev–Trinajstić information content (AvgIpc) is 3.23. The average molecular weight is 620 g/mol. The summed E-state index contributed by atoms with van der Waals surface area (Å²) < 4.78 is 5.95. The maximum absolute atomic E-state index is 12.8. The van der Waals surface area contributed by atoms with Crippen molar-refractivity contribution in [3.63, 3.8) is 0 Å². The zero-order valence-electron chi connectivity index (χ0n) is 28.3. The highest BCUT2D eigenvalue weighted by Crippen LogP contribution is 2.74. The number of aliphatic hydroxyl groups is 1. The topological polar surface area (TPSA) is 105 Å². The number of carboxylic acid groups (broad SMARTS) is 1. The Labute approximate surface area is 269 Å². The molecule has 4 fully saturated rings. The van der Waals surface area contributed by atoms with Gasteiger partial charge in [-0.1, -0.05) is 74.8 Å². The fourth-order valence-electron chi connectivity index (χ4n) is 10.5. The first-order chi connectivity index (χ1) is 21.2. The number of carbonyl (C=O) groups excluding carboxylic acids is 1. The van der Waals surface area contributed by atoms with Gasteiger partial charge in [0.2, 0.25) is 0 Å². The highest BCUT2D eigenvalue weighted by atomic mass is 16.6. The van der Waals surface area contributed by atoms with Gasteiger partial charge in [-0.15, -0.1) is 0 Å². The number of carbonyl (C=O) groups is 2. The van der Waals surface area contributed by atoms with Crippen LogP contribution in [0.3, 0.4) is 0 Å². The van der Waals surface area contributed by atoms with Crippen LogP contribution in [0.15, 0.2) is 58.3 Å². The minimum atomic E-state index is -0.951. The smallest absolute Gasteiger partial charge is 0.331 e. The Bertz CT molecular complexity index is 1380. The lowest BCUT2D eigenvalue weighted by Crippen LogP contribution is -2.65. The molecule has 1 aromatic carbocycles. The molecule has 5 rings (SSSR count). The molecule has 2 N–H and O–H groups in total. The molecule has 7 nitrogen and oxygen atoms in total. The van der Waals surface area contributed by atoms with E-state index in [0.717, 1.165) is 48.1 Å². The van der Waals surface area contributed by atoms with Crippen LogP contribution in [0.2, 0.25) is 0 Å². The molecule has 0 aliphatic heterocycles. The summed E-state index contributed by atoms with van der Waals surface area (Å²) in [5.41, 5.74) is 3.73. The van der Waals surface area contributed by atoms with Crippen LogP contribution in [-0.4, -0.2) is 40.1 Å². The van der Waals surface area contributed by atoms with Gasteiger partial charge in [-0.2, -0.15) is 0 Å². The molecule has 0 saturated heterocycles. The van der Waals surface area contributed by atoms with Crippen LogP contribution in [0.1, 0.15) is 105 Å². The molecule has 0 bridgehead atoms. The van der Waals surface area contributed by atoms with Gasteiger partial charge in [0, 0.05) is 18.4 Å². The lowest BCUT2D eigenvalue weighted by atomic mass is 9.36. The maximum Gasteiger partial charge on any atom is 0.331 e. The lowest BCUT2D eigenvalue weighted by Gasteiger charge is -2.68. The van der Waals surface area contributed by atoms with E-state index in [2.05, 4.69) is 38.9 Å². The summed E-state index contributed by atoms with van der Waals surface area (Å²) in [5.74, 6) is -0.875. The third-order valence-corrected chi connectivity index (χ3v) is 12.7. The number of aliphatic hydroxyl groups excluding tert-OH is 1. The number of esters is 1. The second-order valence-electron chi connectivity index (χ2n) is 15.3. The van der Waals surface area contributed by atoms with Crippen molar-refractivity contribution >= 4 is 17.7 Å². The number of nitrogens with zero attached hydrogens (tertiary/aromatic N) is 1. The summed E-state index contributed by atoms with van der Waals surface area (Å²) in [4.78, 5) is 31.0. The summed E-state index contributed by atoms with van der Waals surface area (Å²) in [6, 6.07) is 10.1. The van der Waals surface area contributed by atoms with Crippen LogP contribution in [0, 0.1) is 39.9 Å². The summed E-state index contributed by atoms with van der Waals surface area (Å²) in [7, 11) is 0. The maximum atomic E-state index is 12.8. The van der Waals surface area contributed by atoms with E-state index in [1.54, 1.807) is 0 Å². The van der Waals surface area contributed by atoms with Crippen molar-refractivity contribution in [3.05, 3.63) is 58.7 Å². The predicted molar refractivity (Wildman–Crippen MR) is 175 cm³/mol. The molecule has 4 aliphatic rings. The Morgan fingerprint density at radius 1 is 1.07 bits per heavy atom. The molecule has 0 aromatic heterocycles. The summed E-state index contributed by atoms with van der Waals surface area (Å²) in [5, 5.41) is 27.3. The van der Waals surface area contributed by atoms with Crippen molar-refractivity contribution in [1.29, 1.82) is 0 Å². The van der Waals surface area contributed by atoms with Crippen LogP contribution in [0.25, 0.3) is 0 Å². The number of aliphatic carboxylic acids is 1. The molecular weight excluding hydrogens is 566 g/mol. The first-order valence-electron chi connectivity index (χ1n) is 16.9. The normalized spacial score (nSPS) is 39.2. The third kappa shape index (κ3) is 5.90. The van der Waals surface area contributed by atoms with Gasteiger partial charge in [0.15, 0.2) is 0 Å². The van der Waals surface area contributed by atoms with E-state index in [0.29, 0.717) is 43.8 Å². The molecule has 45 heavy (non-hydrogen) atoms. The number of carboxylic acids is 1.